The first kappa shape index (κ1) is 16.7. The van der Waals surface area contributed by atoms with Gasteiger partial charge in [0.05, 0.1) is 6.04 Å². The van der Waals surface area contributed by atoms with Gasteiger partial charge >= 0.3 is 0 Å². The summed E-state index contributed by atoms with van der Waals surface area (Å²) in [4.78, 5) is 31.1. The van der Waals surface area contributed by atoms with Gasteiger partial charge in [-0.1, -0.05) is 0 Å². The van der Waals surface area contributed by atoms with Crippen molar-refractivity contribution in [2.45, 2.75) is 51.2 Å². The average Bonchev–Trinajstić information content (AvgIpc) is 3.15. The van der Waals surface area contributed by atoms with Gasteiger partial charge in [-0.25, -0.2) is 0 Å². The smallest absolute Gasteiger partial charge is 0.251 e. The molecular formula is C17H29N3O3. The van der Waals surface area contributed by atoms with Crippen LogP contribution in [-0.4, -0.2) is 84.5 Å². The third kappa shape index (κ3) is 3.86. The van der Waals surface area contributed by atoms with E-state index in [1.54, 1.807) is 0 Å². The van der Waals surface area contributed by atoms with E-state index in [9.17, 15) is 9.59 Å². The lowest BCUT2D eigenvalue weighted by Crippen LogP contribution is -2.57. The molecule has 3 fully saturated rings. The summed E-state index contributed by atoms with van der Waals surface area (Å²) in [6, 6.07) is -0.0758. The number of ether oxygens (including phenoxy) is 1. The van der Waals surface area contributed by atoms with E-state index < -0.39 is 0 Å². The molecule has 6 nitrogen and oxygen atoms in total. The number of hydrogen-bond acceptors (Lipinski definition) is 4. The zero-order chi connectivity index (χ0) is 16.2. The molecule has 3 aliphatic heterocycles. The Bertz CT molecular complexity index is 423. The molecular weight excluding hydrogens is 294 g/mol. The summed E-state index contributed by atoms with van der Waals surface area (Å²) in [5, 5.41) is 0. The maximum atomic E-state index is 12.6. The first-order valence-electron chi connectivity index (χ1n) is 9.10. The Morgan fingerprint density at radius 3 is 2.22 bits per heavy atom. The summed E-state index contributed by atoms with van der Waals surface area (Å²) in [5.41, 5.74) is 0. The van der Waals surface area contributed by atoms with Gasteiger partial charge in [-0.2, -0.15) is 0 Å². The van der Waals surface area contributed by atoms with Gasteiger partial charge in [-0.15, -0.1) is 0 Å². The lowest BCUT2D eigenvalue weighted by molar-refractivity contribution is -0.144. The van der Waals surface area contributed by atoms with Crippen molar-refractivity contribution in [3.05, 3.63) is 0 Å². The van der Waals surface area contributed by atoms with Gasteiger partial charge in [0.1, 0.15) is 6.10 Å². The van der Waals surface area contributed by atoms with Gasteiger partial charge in [-0.3, -0.25) is 14.5 Å². The van der Waals surface area contributed by atoms with Crippen LogP contribution < -0.4 is 0 Å². The van der Waals surface area contributed by atoms with Crippen LogP contribution in [0.3, 0.4) is 0 Å². The van der Waals surface area contributed by atoms with E-state index in [0.29, 0.717) is 19.7 Å². The number of piperidine rings is 1. The summed E-state index contributed by atoms with van der Waals surface area (Å²) in [5.74, 6) is 0.390. The maximum absolute atomic E-state index is 12.6. The largest absolute Gasteiger partial charge is 0.368 e. The summed E-state index contributed by atoms with van der Waals surface area (Å²) < 4.78 is 5.49. The number of rotatable bonds is 3. The SMILES string of the molecule is CC(C(=O)N1CCCCC1)N1CCN(C(=O)C2CCCO2)CC1. The van der Waals surface area contributed by atoms with Crippen LogP contribution in [0.1, 0.15) is 39.0 Å². The summed E-state index contributed by atoms with van der Waals surface area (Å²) >= 11 is 0. The molecule has 0 aromatic heterocycles. The fourth-order valence-electron chi connectivity index (χ4n) is 3.84. The predicted octanol–water partition coefficient (Wildman–Crippen LogP) is 0.711. The van der Waals surface area contributed by atoms with E-state index >= 15 is 0 Å². The van der Waals surface area contributed by atoms with Gasteiger partial charge < -0.3 is 14.5 Å². The first-order valence-corrected chi connectivity index (χ1v) is 9.10. The van der Waals surface area contributed by atoms with Crippen LogP contribution in [0.25, 0.3) is 0 Å². The Morgan fingerprint density at radius 2 is 1.61 bits per heavy atom. The number of hydrogen-bond donors (Lipinski definition) is 0. The highest BCUT2D eigenvalue weighted by atomic mass is 16.5. The Labute approximate surface area is 138 Å². The standard InChI is InChI=1S/C17H29N3O3/c1-14(16(21)19-7-3-2-4-8-19)18-9-11-20(12-10-18)17(22)15-6-5-13-23-15/h14-15H,2-13H2,1H3. The molecule has 130 valence electrons. The summed E-state index contributed by atoms with van der Waals surface area (Å²) in [6.07, 6.45) is 5.10. The number of amides is 2. The molecule has 2 amide bonds. The van der Waals surface area contributed by atoms with Gasteiger partial charge in [0.15, 0.2) is 0 Å². The van der Waals surface area contributed by atoms with E-state index in [1.807, 2.05) is 16.7 Å². The topological polar surface area (TPSA) is 53.1 Å². The Morgan fingerprint density at radius 1 is 0.913 bits per heavy atom. The molecule has 3 rings (SSSR count). The van der Waals surface area contributed by atoms with E-state index in [0.717, 1.165) is 51.9 Å². The molecule has 0 saturated carbocycles. The number of carbonyl (C=O) groups is 2. The molecule has 23 heavy (non-hydrogen) atoms. The van der Waals surface area contributed by atoms with Crippen LogP contribution in [0.2, 0.25) is 0 Å². The van der Waals surface area contributed by atoms with Crippen LogP contribution in [-0.2, 0) is 14.3 Å². The molecule has 0 spiro atoms. The molecule has 0 aromatic rings. The van der Waals surface area contributed by atoms with Crippen LogP contribution in [0.5, 0.6) is 0 Å². The molecule has 3 saturated heterocycles. The van der Waals surface area contributed by atoms with E-state index in [2.05, 4.69) is 4.90 Å². The van der Waals surface area contributed by atoms with Gasteiger partial charge in [0, 0.05) is 45.9 Å². The molecule has 0 aliphatic carbocycles. The van der Waals surface area contributed by atoms with Gasteiger partial charge in [0.25, 0.3) is 5.91 Å². The lowest BCUT2D eigenvalue weighted by atomic mass is 10.1. The van der Waals surface area contributed by atoms with Crippen molar-refractivity contribution in [3.63, 3.8) is 0 Å². The molecule has 3 aliphatic rings. The van der Waals surface area contributed by atoms with Crippen LogP contribution in [0.15, 0.2) is 0 Å². The molecule has 0 radical (unpaired) electrons. The minimum absolute atomic E-state index is 0.0758. The normalized spacial score (nSPS) is 28.0. The number of carbonyl (C=O) groups excluding carboxylic acids is 2. The Balaban J connectivity index is 1.47. The van der Waals surface area contributed by atoms with Crippen LogP contribution in [0, 0.1) is 0 Å². The highest BCUT2D eigenvalue weighted by molar-refractivity contribution is 5.82. The lowest BCUT2D eigenvalue weighted by Gasteiger charge is -2.40. The molecule has 0 bridgehead atoms. The molecule has 3 heterocycles. The monoisotopic (exact) mass is 323 g/mol. The summed E-state index contributed by atoms with van der Waals surface area (Å²) in [7, 11) is 0. The molecule has 2 unspecified atom stereocenters. The van der Waals surface area contributed by atoms with Crippen molar-refractivity contribution < 1.29 is 14.3 Å². The van der Waals surface area contributed by atoms with Crippen molar-refractivity contribution in [1.82, 2.24) is 14.7 Å². The second-order valence-corrected chi connectivity index (χ2v) is 6.92. The van der Waals surface area contributed by atoms with Crippen LogP contribution in [0.4, 0.5) is 0 Å². The van der Waals surface area contributed by atoms with Crippen molar-refractivity contribution >= 4 is 11.8 Å². The average molecular weight is 323 g/mol. The first-order chi connectivity index (χ1) is 11.2. The molecule has 0 aromatic carbocycles. The zero-order valence-corrected chi connectivity index (χ0v) is 14.2. The highest BCUT2D eigenvalue weighted by Crippen LogP contribution is 2.18. The van der Waals surface area contributed by atoms with Crippen molar-refractivity contribution in [1.29, 1.82) is 0 Å². The van der Waals surface area contributed by atoms with Crippen molar-refractivity contribution in [2.75, 3.05) is 45.9 Å². The zero-order valence-electron chi connectivity index (χ0n) is 14.2. The molecule has 6 heteroatoms. The van der Waals surface area contributed by atoms with E-state index in [4.69, 9.17) is 4.74 Å². The van der Waals surface area contributed by atoms with Crippen molar-refractivity contribution in [3.8, 4) is 0 Å². The quantitative estimate of drug-likeness (QED) is 0.768. The van der Waals surface area contributed by atoms with E-state index in [-0.39, 0.29) is 24.0 Å². The van der Waals surface area contributed by atoms with Crippen molar-refractivity contribution in [2.24, 2.45) is 0 Å². The maximum Gasteiger partial charge on any atom is 0.251 e. The van der Waals surface area contributed by atoms with Crippen LogP contribution >= 0.6 is 0 Å². The Kier molecular flexibility index (Phi) is 5.54. The third-order valence-corrected chi connectivity index (χ3v) is 5.40. The predicted molar refractivity (Wildman–Crippen MR) is 87.0 cm³/mol. The summed E-state index contributed by atoms with van der Waals surface area (Å²) in [6.45, 7) is 7.48. The second kappa shape index (κ2) is 7.62. The van der Waals surface area contributed by atoms with E-state index in [1.165, 1.54) is 6.42 Å². The Hall–Kier alpha value is -1.14. The number of piperazine rings is 1. The third-order valence-electron chi connectivity index (χ3n) is 5.40. The fourth-order valence-corrected chi connectivity index (χ4v) is 3.84. The second-order valence-electron chi connectivity index (χ2n) is 6.92. The van der Waals surface area contributed by atoms with Gasteiger partial charge in [0.2, 0.25) is 5.91 Å². The molecule has 0 N–H and O–H groups in total. The minimum Gasteiger partial charge on any atom is -0.368 e. The fraction of sp³-hybridized carbons (Fsp3) is 0.882. The minimum atomic E-state index is -0.228. The molecule has 2 atom stereocenters. The highest BCUT2D eigenvalue weighted by Gasteiger charge is 2.33. The van der Waals surface area contributed by atoms with Gasteiger partial charge in [-0.05, 0) is 39.0 Å². The number of likely N-dealkylation sites (tertiary alicyclic amines) is 1. The number of nitrogens with zero attached hydrogens (tertiary/aromatic N) is 3.